The molecule has 0 amide bonds. The Hall–Kier alpha value is -0.680. The van der Waals surface area contributed by atoms with E-state index in [9.17, 15) is 4.39 Å². The standard InChI is InChI=1S/C15H22ClFN2O/c16-15-10-12(17)5-4-11(15)9-13(19-18)6-7-14-3-1-2-8-20-14/h4-5,10,13-14,19H,1-3,6-9,18H2. The third kappa shape index (κ3) is 4.70. The molecule has 1 aliphatic heterocycles. The van der Waals surface area contributed by atoms with Gasteiger partial charge in [0.1, 0.15) is 5.82 Å². The summed E-state index contributed by atoms with van der Waals surface area (Å²) in [5.41, 5.74) is 3.74. The molecule has 3 nitrogen and oxygen atoms in total. The lowest BCUT2D eigenvalue weighted by Gasteiger charge is -2.25. The van der Waals surface area contributed by atoms with Crippen molar-refractivity contribution in [3.63, 3.8) is 0 Å². The smallest absolute Gasteiger partial charge is 0.124 e. The average Bonchev–Trinajstić information content (AvgIpc) is 2.46. The molecule has 112 valence electrons. The van der Waals surface area contributed by atoms with Crippen molar-refractivity contribution in [2.45, 2.75) is 50.7 Å². The Morgan fingerprint density at radius 3 is 2.95 bits per heavy atom. The van der Waals surface area contributed by atoms with Gasteiger partial charge in [-0.2, -0.15) is 0 Å². The van der Waals surface area contributed by atoms with Crippen LogP contribution in [-0.4, -0.2) is 18.8 Å². The van der Waals surface area contributed by atoms with Gasteiger partial charge in [0.2, 0.25) is 0 Å². The summed E-state index contributed by atoms with van der Waals surface area (Å²) < 4.78 is 18.7. The van der Waals surface area contributed by atoms with Crippen LogP contribution in [0.1, 0.15) is 37.7 Å². The van der Waals surface area contributed by atoms with Gasteiger partial charge in [-0.25, -0.2) is 4.39 Å². The Labute approximate surface area is 124 Å². The maximum atomic E-state index is 13.0. The summed E-state index contributed by atoms with van der Waals surface area (Å²) in [7, 11) is 0. The minimum atomic E-state index is -0.313. The molecule has 0 spiro atoms. The minimum absolute atomic E-state index is 0.128. The number of benzene rings is 1. The summed E-state index contributed by atoms with van der Waals surface area (Å²) in [5, 5.41) is 0.458. The predicted molar refractivity (Wildman–Crippen MR) is 79.1 cm³/mol. The van der Waals surface area contributed by atoms with Crippen LogP contribution < -0.4 is 11.3 Å². The summed E-state index contributed by atoms with van der Waals surface area (Å²) in [6, 6.07) is 4.62. The molecule has 0 aromatic heterocycles. The van der Waals surface area contributed by atoms with E-state index in [1.807, 2.05) is 0 Å². The van der Waals surface area contributed by atoms with E-state index in [1.54, 1.807) is 6.07 Å². The zero-order valence-corrected chi connectivity index (χ0v) is 12.3. The van der Waals surface area contributed by atoms with Gasteiger partial charge >= 0.3 is 0 Å². The largest absolute Gasteiger partial charge is 0.378 e. The van der Waals surface area contributed by atoms with Gasteiger partial charge in [0.05, 0.1) is 6.10 Å². The van der Waals surface area contributed by atoms with Crippen molar-refractivity contribution in [2.75, 3.05) is 6.61 Å². The molecule has 20 heavy (non-hydrogen) atoms. The third-order valence-electron chi connectivity index (χ3n) is 3.83. The maximum absolute atomic E-state index is 13.0. The molecule has 1 saturated heterocycles. The summed E-state index contributed by atoms with van der Waals surface area (Å²) in [5.74, 6) is 5.29. The molecule has 2 atom stereocenters. The lowest BCUT2D eigenvalue weighted by Crippen LogP contribution is -2.37. The van der Waals surface area contributed by atoms with E-state index in [0.29, 0.717) is 17.5 Å². The number of hydrogen-bond acceptors (Lipinski definition) is 3. The van der Waals surface area contributed by atoms with Crippen molar-refractivity contribution in [1.82, 2.24) is 5.43 Å². The van der Waals surface area contributed by atoms with Crippen molar-refractivity contribution < 1.29 is 9.13 Å². The van der Waals surface area contributed by atoms with E-state index in [1.165, 1.54) is 25.0 Å². The molecule has 1 aromatic rings. The van der Waals surface area contributed by atoms with Crippen LogP contribution in [0, 0.1) is 5.82 Å². The van der Waals surface area contributed by atoms with E-state index in [-0.39, 0.29) is 11.9 Å². The van der Waals surface area contributed by atoms with Gasteiger partial charge < -0.3 is 4.74 Å². The van der Waals surface area contributed by atoms with Crippen LogP contribution in [0.5, 0.6) is 0 Å². The fourth-order valence-electron chi connectivity index (χ4n) is 2.62. The number of hydrogen-bond donors (Lipinski definition) is 2. The van der Waals surface area contributed by atoms with E-state index >= 15 is 0 Å². The Balaban J connectivity index is 1.84. The fourth-order valence-corrected chi connectivity index (χ4v) is 2.86. The Morgan fingerprint density at radius 1 is 1.45 bits per heavy atom. The number of halogens is 2. The van der Waals surface area contributed by atoms with Gasteiger partial charge in [-0.15, -0.1) is 0 Å². The van der Waals surface area contributed by atoms with Crippen LogP contribution in [0.3, 0.4) is 0 Å². The lowest BCUT2D eigenvalue weighted by atomic mass is 9.98. The summed E-state index contributed by atoms with van der Waals surface area (Å²) in [6.45, 7) is 0.870. The van der Waals surface area contributed by atoms with Crippen LogP contribution in [0.2, 0.25) is 5.02 Å². The van der Waals surface area contributed by atoms with Crippen LogP contribution in [0.15, 0.2) is 18.2 Å². The van der Waals surface area contributed by atoms with Crippen LogP contribution in [0.4, 0.5) is 4.39 Å². The second kappa shape index (κ2) is 7.93. The molecule has 3 N–H and O–H groups in total. The number of rotatable bonds is 6. The zero-order valence-electron chi connectivity index (χ0n) is 11.6. The second-order valence-corrected chi connectivity index (χ2v) is 5.78. The first-order valence-corrected chi connectivity index (χ1v) is 7.58. The van der Waals surface area contributed by atoms with E-state index in [2.05, 4.69) is 5.43 Å². The maximum Gasteiger partial charge on any atom is 0.124 e. The van der Waals surface area contributed by atoms with Crippen molar-refractivity contribution in [1.29, 1.82) is 0 Å². The monoisotopic (exact) mass is 300 g/mol. The molecule has 0 saturated carbocycles. The molecular weight excluding hydrogens is 279 g/mol. The first-order chi connectivity index (χ1) is 9.69. The molecule has 1 aliphatic rings. The predicted octanol–water partition coefficient (Wildman–Crippen LogP) is 3.20. The van der Waals surface area contributed by atoms with Crippen LogP contribution in [-0.2, 0) is 11.2 Å². The van der Waals surface area contributed by atoms with Gasteiger partial charge in [0, 0.05) is 17.7 Å². The Kier molecular flexibility index (Phi) is 6.23. The molecule has 1 fully saturated rings. The van der Waals surface area contributed by atoms with Crippen LogP contribution >= 0.6 is 11.6 Å². The number of ether oxygens (including phenoxy) is 1. The quantitative estimate of drug-likeness (QED) is 0.626. The van der Waals surface area contributed by atoms with E-state index in [4.69, 9.17) is 22.2 Å². The van der Waals surface area contributed by atoms with Gasteiger partial charge in [-0.05, 0) is 56.2 Å². The summed E-state index contributed by atoms with van der Waals surface area (Å²) in [4.78, 5) is 0. The topological polar surface area (TPSA) is 47.3 Å². The third-order valence-corrected chi connectivity index (χ3v) is 4.18. The Bertz CT molecular complexity index is 424. The molecule has 1 aromatic carbocycles. The highest BCUT2D eigenvalue weighted by molar-refractivity contribution is 6.31. The lowest BCUT2D eigenvalue weighted by molar-refractivity contribution is 0.00858. The van der Waals surface area contributed by atoms with Gasteiger partial charge in [0.15, 0.2) is 0 Å². The molecular formula is C15H22ClFN2O. The fraction of sp³-hybridized carbons (Fsp3) is 0.600. The van der Waals surface area contributed by atoms with E-state index < -0.39 is 0 Å². The minimum Gasteiger partial charge on any atom is -0.378 e. The molecule has 2 rings (SSSR count). The van der Waals surface area contributed by atoms with Gasteiger partial charge in [-0.1, -0.05) is 17.7 Å². The molecule has 0 bridgehead atoms. The highest BCUT2D eigenvalue weighted by atomic mass is 35.5. The zero-order chi connectivity index (χ0) is 14.4. The molecule has 1 heterocycles. The van der Waals surface area contributed by atoms with Crippen LogP contribution in [0.25, 0.3) is 0 Å². The molecule has 0 radical (unpaired) electrons. The van der Waals surface area contributed by atoms with Crippen molar-refractivity contribution in [2.24, 2.45) is 5.84 Å². The summed E-state index contributed by atoms with van der Waals surface area (Å²) >= 11 is 6.05. The number of hydrazine groups is 1. The first-order valence-electron chi connectivity index (χ1n) is 7.20. The SMILES string of the molecule is NNC(CCC1CCCCO1)Cc1ccc(F)cc1Cl. The van der Waals surface area contributed by atoms with Gasteiger partial charge in [0.25, 0.3) is 0 Å². The normalized spacial score (nSPS) is 20.9. The van der Waals surface area contributed by atoms with E-state index in [0.717, 1.165) is 31.4 Å². The Morgan fingerprint density at radius 2 is 2.30 bits per heavy atom. The molecule has 5 heteroatoms. The highest BCUT2D eigenvalue weighted by Crippen LogP contribution is 2.22. The van der Waals surface area contributed by atoms with Gasteiger partial charge in [-0.3, -0.25) is 11.3 Å². The average molecular weight is 301 g/mol. The van der Waals surface area contributed by atoms with Crippen molar-refractivity contribution >= 4 is 11.6 Å². The molecule has 2 unspecified atom stereocenters. The number of nitrogens with two attached hydrogens (primary N) is 1. The number of nitrogens with one attached hydrogen (secondary N) is 1. The summed E-state index contributed by atoms with van der Waals surface area (Å²) in [6.07, 6.45) is 6.51. The second-order valence-electron chi connectivity index (χ2n) is 5.37. The molecule has 0 aliphatic carbocycles. The first kappa shape index (κ1) is 15.7. The van der Waals surface area contributed by atoms with Crippen molar-refractivity contribution in [3.8, 4) is 0 Å². The van der Waals surface area contributed by atoms with Crippen molar-refractivity contribution in [3.05, 3.63) is 34.6 Å². The highest BCUT2D eigenvalue weighted by Gasteiger charge is 2.17.